The molecule has 0 spiro atoms. The van der Waals surface area contributed by atoms with Gasteiger partial charge in [-0.05, 0) is 17.7 Å². The summed E-state index contributed by atoms with van der Waals surface area (Å²) in [4.78, 5) is 2.44. The van der Waals surface area contributed by atoms with Crippen molar-refractivity contribution in [3.8, 4) is 0 Å². The smallest absolute Gasteiger partial charge is 0.159 e. The lowest BCUT2D eigenvalue weighted by Gasteiger charge is -1.97. The summed E-state index contributed by atoms with van der Waals surface area (Å²) in [7, 11) is 0. The van der Waals surface area contributed by atoms with Crippen LogP contribution in [0.15, 0.2) is 21.7 Å². The van der Waals surface area contributed by atoms with Crippen LogP contribution in [0.4, 0.5) is 14.5 Å². The molecule has 0 unspecified atom stereocenters. The number of nitrogens with zero attached hydrogens (tertiary/aromatic N) is 3. The highest BCUT2D eigenvalue weighted by molar-refractivity contribution is 9.10. The normalized spacial score (nSPS) is 9.25. The summed E-state index contributed by atoms with van der Waals surface area (Å²) in [6.07, 6.45) is 0. The molecule has 0 bridgehead atoms. The van der Waals surface area contributed by atoms with Crippen molar-refractivity contribution in [2.24, 2.45) is 5.11 Å². The lowest BCUT2D eigenvalue weighted by atomic mass is 10.3. The maximum atomic E-state index is 12.5. The number of hydrogen-bond acceptors (Lipinski definition) is 1. The van der Waals surface area contributed by atoms with Gasteiger partial charge >= 0.3 is 0 Å². The van der Waals surface area contributed by atoms with E-state index < -0.39 is 11.6 Å². The van der Waals surface area contributed by atoms with E-state index in [9.17, 15) is 8.78 Å². The molecule has 0 amide bonds. The van der Waals surface area contributed by atoms with Gasteiger partial charge in [-0.15, -0.1) is 0 Å². The van der Waals surface area contributed by atoms with Crippen molar-refractivity contribution in [2.45, 2.75) is 0 Å². The molecule has 1 aromatic carbocycles. The summed E-state index contributed by atoms with van der Waals surface area (Å²) >= 11 is 2.91. The molecule has 0 aromatic heterocycles. The van der Waals surface area contributed by atoms with Crippen molar-refractivity contribution in [3.63, 3.8) is 0 Å². The van der Waals surface area contributed by atoms with Gasteiger partial charge in [-0.3, -0.25) is 0 Å². The first-order valence-corrected chi connectivity index (χ1v) is 3.64. The fourth-order valence-corrected chi connectivity index (χ4v) is 1.03. The van der Waals surface area contributed by atoms with E-state index in [4.69, 9.17) is 5.53 Å². The van der Waals surface area contributed by atoms with E-state index >= 15 is 0 Å². The van der Waals surface area contributed by atoms with Crippen LogP contribution in [0.1, 0.15) is 0 Å². The van der Waals surface area contributed by atoms with Crippen LogP contribution in [0, 0.1) is 11.6 Å². The standard InChI is InChI=1S/C6H2BrF2N3/c7-3-1-4(8)5(9)2-6(3)11-12-10/h1-2H. The zero-order chi connectivity index (χ0) is 9.14. The van der Waals surface area contributed by atoms with Gasteiger partial charge in [-0.25, -0.2) is 8.78 Å². The molecule has 0 atom stereocenters. The van der Waals surface area contributed by atoms with Crippen molar-refractivity contribution in [3.05, 3.63) is 38.7 Å². The van der Waals surface area contributed by atoms with Crippen LogP contribution in [0.3, 0.4) is 0 Å². The monoisotopic (exact) mass is 233 g/mol. The van der Waals surface area contributed by atoms with E-state index in [2.05, 4.69) is 26.0 Å². The first kappa shape index (κ1) is 8.96. The second-order valence-corrected chi connectivity index (χ2v) is 2.76. The maximum absolute atomic E-state index is 12.5. The zero-order valence-corrected chi connectivity index (χ0v) is 7.22. The van der Waals surface area contributed by atoms with E-state index in [0.29, 0.717) is 0 Å². The molecule has 12 heavy (non-hydrogen) atoms. The molecular weight excluding hydrogens is 232 g/mol. The molecular formula is C6H2BrF2N3. The van der Waals surface area contributed by atoms with Gasteiger partial charge in [0.25, 0.3) is 0 Å². The summed E-state index contributed by atoms with van der Waals surface area (Å²) < 4.78 is 25.2. The molecule has 1 aromatic rings. The predicted octanol–water partition coefficient (Wildman–Crippen LogP) is 3.67. The molecule has 0 fully saturated rings. The topological polar surface area (TPSA) is 48.8 Å². The number of halogens is 3. The van der Waals surface area contributed by atoms with E-state index in [1.54, 1.807) is 0 Å². The third kappa shape index (κ3) is 1.72. The van der Waals surface area contributed by atoms with Crippen LogP contribution in [0.5, 0.6) is 0 Å². The molecule has 0 aliphatic carbocycles. The Bertz CT molecular complexity index is 360. The summed E-state index contributed by atoms with van der Waals surface area (Å²) in [5.41, 5.74) is 8.05. The van der Waals surface area contributed by atoms with E-state index in [0.717, 1.165) is 12.1 Å². The molecule has 0 aliphatic heterocycles. The highest BCUT2D eigenvalue weighted by Crippen LogP contribution is 2.27. The quantitative estimate of drug-likeness (QED) is 0.308. The Labute approximate surface area is 74.8 Å². The molecule has 3 nitrogen and oxygen atoms in total. The van der Waals surface area contributed by atoms with Crippen molar-refractivity contribution in [1.29, 1.82) is 0 Å². The van der Waals surface area contributed by atoms with Crippen LogP contribution >= 0.6 is 15.9 Å². The van der Waals surface area contributed by atoms with Crippen LogP contribution in [0.25, 0.3) is 10.4 Å². The van der Waals surface area contributed by atoms with Gasteiger partial charge in [-0.1, -0.05) is 21.0 Å². The van der Waals surface area contributed by atoms with Gasteiger partial charge in [0, 0.05) is 9.38 Å². The molecule has 0 aliphatic rings. The van der Waals surface area contributed by atoms with Crippen LogP contribution in [-0.2, 0) is 0 Å². The lowest BCUT2D eigenvalue weighted by molar-refractivity contribution is 0.508. The Hall–Kier alpha value is -1.13. The SMILES string of the molecule is [N-]=[N+]=Nc1cc(F)c(F)cc1Br. The summed E-state index contributed by atoms with van der Waals surface area (Å²) in [6, 6.07) is 1.72. The first-order chi connectivity index (χ1) is 5.65. The molecule has 0 saturated heterocycles. The Morgan fingerprint density at radius 2 is 1.92 bits per heavy atom. The van der Waals surface area contributed by atoms with Crippen LogP contribution in [0.2, 0.25) is 0 Å². The Kier molecular flexibility index (Phi) is 2.62. The van der Waals surface area contributed by atoms with Gasteiger partial charge in [-0.2, -0.15) is 0 Å². The molecule has 6 heteroatoms. The molecule has 0 radical (unpaired) electrons. The van der Waals surface area contributed by atoms with Gasteiger partial charge in [0.15, 0.2) is 11.6 Å². The fraction of sp³-hybridized carbons (Fsp3) is 0. The third-order valence-electron chi connectivity index (χ3n) is 1.14. The van der Waals surface area contributed by atoms with Crippen molar-refractivity contribution < 1.29 is 8.78 Å². The highest BCUT2D eigenvalue weighted by Gasteiger charge is 2.05. The minimum atomic E-state index is -1.04. The second kappa shape index (κ2) is 3.51. The minimum absolute atomic E-state index is 0.0244. The Morgan fingerprint density at radius 3 is 2.50 bits per heavy atom. The van der Waals surface area contributed by atoms with Gasteiger partial charge in [0.2, 0.25) is 0 Å². The van der Waals surface area contributed by atoms with Crippen molar-refractivity contribution >= 4 is 21.6 Å². The molecule has 1 rings (SSSR count). The zero-order valence-electron chi connectivity index (χ0n) is 5.63. The van der Waals surface area contributed by atoms with E-state index in [1.807, 2.05) is 0 Å². The summed E-state index contributed by atoms with van der Waals surface area (Å²) in [5.74, 6) is -2.03. The number of rotatable bonds is 1. The number of azide groups is 1. The highest BCUT2D eigenvalue weighted by atomic mass is 79.9. The Morgan fingerprint density at radius 1 is 1.33 bits per heavy atom. The van der Waals surface area contributed by atoms with E-state index in [1.165, 1.54) is 0 Å². The van der Waals surface area contributed by atoms with Gasteiger partial charge < -0.3 is 0 Å². The van der Waals surface area contributed by atoms with Gasteiger partial charge in [0.1, 0.15) is 0 Å². The van der Waals surface area contributed by atoms with E-state index in [-0.39, 0.29) is 10.2 Å². The van der Waals surface area contributed by atoms with Gasteiger partial charge in [0.05, 0.1) is 5.69 Å². The third-order valence-corrected chi connectivity index (χ3v) is 1.78. The Balaban J connectivity index is 3.32. The average molecular weight is 234 g/mol. The van der Waals surface area contributed by atoms with Crippen molar-refractivity contribution in [2.75, 3.05) is 0 Å². The van der Waals surface area contributed by atoms with Crippen LogP contribution < -0.4 is 0 Å². The fourth-order valence-electron chi connectivity index (χ4n) is 0.637. The minimum Gasteiger partial charge on any atom is -0.204 e. The number of hydrogen-bond donors (Lipinski definition) is 0. The molecule has 0 saturated carbocycles. The lowest BCUT2D eigenvalue weighted by Crippen LogP contribution is -1.82. The van der Waals surface area contributed by atoms with Crippen molar-refractivity contribution in [1.82, 2.24) is 0 Å². The molecule has 0 heterocycles. The second-order valence-electron chi connectivity index (χ2n) is 1.91. The maximum Gasteiger partial charge on any atom is 0.159 e. The predicted molar refractivity (Wildman–Crippen MR) is 42.9 cm³/mol. The molecule has 0 N–H and O–H groups in total. The molecule has 62 valence electrons. The first-order valence-electron chi connectivity index (χ1n) is 2.85. The average Bonchev–Trinajstić information content (AvgIpc) is 2.01. The summed E-state index contributed by atoms with van der Waals surface area (Å²) in [6.45, 7) is 0. The summed E-state index contributed by atoms with van der Waals surface area (Å²) in [5, 5.41) is 3.14. The number of benzene rings is 1. The van der Waals surface area contributed by atoms with Crippen LogP contribution in [-0.4, -0.2) is 0 Å². The largest absolute Gasteiger partial charge is 0.204 e.